The van der Waals surface area contributed by atoms with Crippen LogP contribution < -0.4 is 5.32 Å². The molecule has 0 radical (unpaired) electrons. The molecule has 3 aliphatic carbocycles. The summed E-state index contributed by atoms with van der Waals surface area (Å²) in [5.41, 5.74) is 2.95. The van der Waals surface area contributed by atoms with Gasteiger partial charge < -0.3 is 5.32 Å². The van der Waals surface area contributed by atoms with Crippen LogP contribution in [0.25, 0.3) is 0 Å². The second-order valence-corrected chi connectivity index (χ2v) is 7.78. The number of nitriles is 1. The Hall–Kier alpha value is -1.63. The van der Waals surface area contributed by atoms with Crippen molar-refractivity contribution in [3.63, 3.8) is 0 Å². The van der Waals surface area contributed by atoms with E-state index in [2.05, 4.69) is 21.6 Å². The molecular formula is C19H26N4. The average Bonchev–Trinajstić information content (AvgIpc) is 2.59. The molecule has 0 amide bonds. The number of nitrogens with zero attached hydrogens (tertiary/aromatic N) is 3. The Morgan fingerprint density at radius 3 is 2.57 bits per heavy atom. The van der Waals surface area contributed by atoms with E-state index in [9.17, 15) is 5.26 Å². The number of fused-ring (bicyclic) bond motifs is 3. The molecule has 23 heavy (non-hydrogen) atoms. The maximum Gasteiger partial charge on any atom is 0.166 e. The molecule has 1 aromatic rings. The summed E-state index contributed by atoms with van der Waals surface area (Å²) in [6.45, 7) is 0.954. The molecule has 2 fully saturated rings. The van der Waals surface area contributed by atoms with E-state index in [4.69, 9.17) is 0 Å². The highest BCUT2D eigenvalue weighted by molar-refractivity contribution is 5.56. The molecule has 122 valence electrons. The fourth-order valence-electron chi connectivity index (χ4n) is 5.09. The van der Waals surface area contributed by atoms with Gasteiger partial charge in [-0.2, -0.15) is 10.4 Å². The number of anilines is 1. The number of nitrogens with one attached hydrogen (secondary N) is 1. The third-order valence-electron chi connectivity index (χ3n) is 6.14. The molecule has 0 aromatic carbocycles. The van der Waals surface area contributed by atoms with Gasteiger partial charge in [-0.05, 0) is 68.3 Å². The molecular weight excluding hydrogens is 284 g/mol. The van der Waals surface area contributed by atoms with Crippen LogP contribution in [-0.2, 0) is 12.8 Å². The Labute approximate surface area is 138 Å². The SMILES string of the molecule is N#Cc1c(NCC2CC3CCCC(C3)C2)nnc2c1CCCC2. The van der Waals surface area contributed by atoms with Crippen LogP contribution in [0.2, 0.25) is 0 Å². The fourth-order valence-corrected chi connectivity index (χ4v) is 5.09. The summed E-state index contributed by atoms with van der Waals surface area (Å²) in [5.74, 6) is 3.35. The van der Waals surface area contributed by atoms with Crippen LogP contribution in [0, 0.1) is 29.1 Å². The summed E-state index contributed by atoms with van der Waals surface area (Å²) in [7, 11) is 0. The fraction of sp³-hybridized carbons (Fsp3) is 0.737. The monoisotopic (exact) mass is 310 g/mol. The first-order valence-electron chi connectivity index (χ1n) is 9.36. The van der Waals surface area contributed by atoms with Gasteiger partial charge in [0.05, 0.1) is 5.69 Å². The van der Waals surface area contributed by atoms with E-state index in [0.717, 1.165) is 59.8 Å². The van der Waals surface area contributed by atoms with Crippen molar-refractivity contribution >= 4 is 5.82 Å². The van der Waals surface area contributed by atoms with Crippen LogP contribution in [0.4, 0.5) is 5.82 Å². The smallest absolute Gasteiger partial charge is 0.166 e. The van der Waals surface area contributed by atoms with Crippen molar-refractivity contribution in [3.8, 4) is 6.07 Å². The van der Waals surface area contributed by atoms with Crippen molar-refractivity contribution in [1.82, 2.24) is 10.2 Å². The molecule has 4 nitrogen and oxygen atoms in total. The molecule has 3 aliphatic rings. The Morgan fingerprint density at radius 2 is 1.78 bits per heavy atom. The van der Waals surface area contributed by atoms with Gasteiger partial charge in [0.1, 0.15) is 11.6 Å². The number of rotatable bonds is 3. The van der Waals surface area contributed by atoms with Gasteiger partial charge in [-0.1, -0.05) is 19.3 Å². The largest absolute Gasteiger partial charge is 0.367 e. The lowest BCUT2D eigenvalue weighted by Crippen LogP contribution is -2.30. The van der Waals surface area contributed by atoms with E-state index in [0.29, 0.717) is 0 Å². The van der Waals surface area contributed by atoms with Crippen LogP contribution in [0.3, 0.4) is 0 Å². The van der Waals surface area contributed by atoms with Crippen molar-refractivity contribution in [2.75, 3.05) is 11.9 Å². The molecule has 2 saturated carbocycles. The molecule has 4 heteroatoms. The first-order chi connectivity index (χ1) is 11.3. The average molecular weight is 310 g/mol. The van der Waals surface area contributed by atoms with Gasteiger partial charge in [-0.15, -0.1) is 5.10 Å². The van der Waals surface area contributed by atoms with Crippen molar-refractivity contribution in [2.24, 2.45) is 17.8 Å². The predicted octanol–water partition coefficient (Wildman–Crippen LogP) is 3.86. The summed E-state index contributed by atoms with van der Waals surface area (Å²) in [6, 6.07) is 2.39. The highest BCUT2D eigenvalue weighted by Crippen LogP contribution is 2.42. The van der Waals surface area contributed by atoms with E-state index >= 15 is 0 Å². The molecule has 0 spiro atoms. The molecule has 1 aromatic heterocycles. The molecule has 4 rings (SSSR count). The summed E-state index contributed by atoms with van der Waals surface area (Å²) in [5, 5.41) is 21.8. The van der Waals surface area contributed by atoms with E-state index < -0.39 is 0 Å². The minimum absolute atomic E-state index is 0.726. The molecule has 1 heterocycles. The minimum atomic E-state index is 0.726. The summed E-state index contributed by atoms with van der Waals surface area (Å²) >= 11 is 0. The quantitative estimate of drug-likeness (QED) is 0.921. The lowest BCUT2D eigenvalue weighted by molar-refractivity contribution is 0.143. The molecule has 0 aliphatic heterocycles. The lowest BCUT2D eigenvalue weighted by Gasteiger charge is -2.39. The lowest BCUT2D eigenvalue weighted by atomic mass is 9.68. The zero-order valence-corrected chi connectivity index (χ0v) is 13.9. The highest BCUT2D eigenvalue weighted by Gasteiger charge is 2.31. The van der Waals surface area contributed by atoms with Crippen LogP contribution in [0.15, 0.2) is 0 Å². The summed E-state index contributed by atoms with van der Waals surface area (Å²) in [4.78, 5) is 0. The van der Waals surface area contributed by atoms with Gasteiger partial charge in [0, 0.05) is 6.54 Å². The van der Waals surface area contributed by atoms with Crippen LogP contribution in [-0.4, -0.2) is 16.7 Å². The van der Waals surface area contributed by atoms with Gasteiger partial charge in [0.25, 0.3) is 0 Å². The van der Waals surface area contributed by atoms with Crippen molar-refractivity contribution in [3.05, 3.63) is 16.8 Å². The number of hydrogen-bond acceptors (Lipinski definition) is 4. The van der Waals surface area contributed by atoms with Gasteiger partial charge in [0.2, 0.25) is 0 Å². The molecule has 2 bridgehead atoms. The van der Waals surface area contributed by atoms with E-state index in [1.54, 1.807) is 0 Å². The second kappa shape index (κ2) is 6.47. The Bertz CT molecular complexity index is 607. The first-order valence-corrected chi connectivity index (χ1v) is 9.36. The topological polar surface area (TPSA) is 61.6 Å². The minimum Gasteiger partial charge on any atom is -0.367 e. The van der Waals surface area contributed by atoms with Crippen LogP contribution >= 0.6 is 0 Å². The van der Waals surface area contributed by atoms with Gasteiger partial charge in [-0.25, -0.2) is 0 Å². The Balaban J connectivity index is 1.46. The maximum absolute atomic E-state index is 9.58. The van der Waals surface area contributed by atoms with Gasteiger partial charge in [-0.3, -0.25) is 0 Å². The zero-order valence-electron chi connectivity index (χ0n) is 13.9. The van der Waals surface area contributed by atoms with Crippen molar-refractivity contribution in [1.29, 1.82) is 5.26 Å². The van der Waals surface area contributed by atoms with Crippen LogP contribution in [0.1, 0.15) is 68.2 Å². The summed E-state index contributed by atoms with van der Waals surface area (Å²) in [6.07, 6.45) is 12.7. The second-order valence-electron chi connectivity index (χ2n) is 7.78. The third kappa shape index (κ3) is 3.06. The predicted molar refractivity (Wildman–Crippen MR) is 90.1 cm³/mol. The standard InChI is InChI=1S/C19H26N4/c20-11-17-16-6-1-2-7-18(16)22-23-19(17)21-12-15-9-13-4-3-5-14(8-13)10-15/h13-15H,1-10,12H2,(H,21,23). The number of hydrogen-bond donors (Lipinski definition) is 1. The highest BCUT2D eigenvalue weighted by atomic mass is 15.2. The number of aromatic nitrogens is 2. The zero-order chi connectivity index (χ0) is 15.6. The van der Waals surface area contributed by atoms with E-state index in [-0.39, 0.29) is 0 Å². The number of aryl methyl sites for hydroxylation is 1. The Morgan fingerprint density at radius 1 is 1.00 bits per heavy atom. The third-order valence-corrected chi connectivity index (χ3v) is 6.14. The summed E-state index contributed by atoms with van der Waals surface area (Å²) < 4.78 is 0. The van der Waals surface area contributed by atoms with Crippen LogP contribution in [0.5, 0.6) is 0 Å². The molecule has 2 atom stereocenters. The van der Waals surface area contributed by atoms with E-state index in [1.807, 2.05) is 0 Å². The maximum atomic E-state index is 9.58. The Kier molecular flexibility index (Phi) is 4.20. The van der Waals surface area contributed by atoms with E-state index in [1.165, 1.54) is 51.4 Å². The normalized spacial score (nSPS) is 29.4. The first kappa shape index (κ1) is 14.9. The van der Waals surface area contributed by atoms with Gasteiger partial charge in [0.15, 0.2) is 5.82 Å². The molecule has 0 saturated heterocycles. The van der Waals surface area contributed by atoms with Crippen molar-refractivity contribution in [2.45, 2.75) is 64.2 Å². The molecule has 1 N–H and O–H groups in total. The van der Waals surface area contributed by atoms with Crippen molar-refractivity contribution < 1.29 is 0 Å². The van der Waals surface area contributed by atoms with Gasteiger partial charge >= 0.3 is 0 Å². The molecule has 2 unspecified atom stereocenters.